The van der Waals surface area contributed by atoms with Gasteiger partial charge in [-0.1, -0.05) is 42.0 Å². The molecule has 0 aliphatic rings. The van der Waals surface area contributed by atoms with Crippen molar-refractivity contribution in [2.24, 2.45) is 0 Å². The fourth-order valence-electron chi connectivity index (χ4n) is 3.77. The minimum Gasteiger partial charge on any atom is -0.497 e. The van der Waals surface area contributed by atoms with Gasteiger partial charge in [0, 0.05) is 11.8 Å². The van der Waals surface area contributed by atoms with Crippen molar-refractivity contribution in [3.63, 3.8) is 0 Å². The average molecular weight is 411 g/mol. The molecule has 7 nitrogen and oxygen atoms in total. The number of aryl methyl sites for hydroxylation is 2. The average Bonchev–Trinajstić information content (AvgIpc) is 3.15. The van der Waals surface area contributed by atoms with E-state index in [-0.39, 0.29) is 5.56 Å². The Morgan fingerprint density at radius 1 is 1.00 bits per heavy atom. The van der Waals surface area contributed by atoms with E-state index in [4.69, 9.17) is 4.74 Å². The number of pyridine rings is 1. The van der Waals surface area contributed by atoms with Crippen LogP contribution in [0.5, 0.6) is 5.75 Å². The number of hydrogen-bond donors (Lipinski definition) is 0. The first-order chi connectivity index (χ1) is 15.0. The molecule has 0 saturated carbocycles. The molecule has 31 heavy (non-hydrogen) atoms. The van der Waals surface area contributed by atoms with Gasteiger partial charge in [0.05, 0.1) is 30.3 Å². The van der Waals surface area contributed by atoms with Crippen molar-refractivity contribution < 1.29 is 4.74 Å². The van der Waals surface area contributed by atoms with Crippen molar-refractivity contribution in [3.8, 4) is 17.0 Å². The molecule has 3 aromatic heterocycles. The Bertz CT molecular complexity index is 1480. The zero-order chi connectivity index (χ0) is 21.5. The van der Waals surface area contributed by atoms with E-state index in [9.17, 15) is 4.79 Å². The van der Waals surface area contributed by atoms with Crippen LogP contribution in [0.25, 0.3) is 27.9 Å². The van der Waals surface area contributed by atoms with Crippen LogP contribution in [-0.4, -0.2) is 31.3 Å². The Hall–Kier alpha value is -4.00. The molecule has 5 aromatic rings. The summed E-state index contributed by atoms with van der Waals surface area (Å²) in [4.78, 5) is 22.6. The number of hydrogen-bond acceptors (Lipinski definition) is 5. The standard InChI is InChI=1S/C24H21N5O2/c1-15-7-9-17(10-8-15)14-28-12-11-20-21(23(28)30)22(18-5-4-6-19(13-18)31-3)29-24(26-20)25-16(2)27-29/h4-13H,14H2,1-3H3. The lowest BCUT2D eigenvalue weighted by molar-refractivity contribution is 0.415. The second kappa shape index (κ2) is 7.36. The molecule has 0 saturated heterocycles. The van der Waals surface area contributed by atoms with Gasteiger partial charge in [-0.3, -0.25) is 4.79 Å². The van der Waals surface area contributed by atoms with Crippen molar-refractivity contribution in [2.45, 2.75) is 20.4 Å². The molecule has 0 unspecified atom stereocenters. The third kappa shape index (κ3) is 3.34. The van der Waals surface area contributed by atoms with Gasteiger partial charge in [-0.15, -0.1) is 5.10 Å². The van der Waals surface area contributed by atoms with Crippen LogP contribution in [-0.2, 0) is 6.54 Å². The molecule has 7 heteroatoms. The van der Waals surface area contributed by atoms with Gasteiger partial charge in [0.15, 0.2) is 0 Å². The summed E-state index contributed by atoms with van der Waals surface area (Å²) >= 11 is 0. The Morgan fingerprint density at radius 2 is 1.81 bits per heavy atom. The van der Waals surface area contributed by atoms with Crippen LogP contribution < -0.4 is 10.3 Å². The molecular weight excluding hydrogens is 390 g/mol. The Morgan fingerprint density at radius 3 is 2.58 bits per heavy atom. The molecule has 0 aliphatic carbocycles. The van der Waals surface area contributed by atoms with E-state index in [0.29, 0.717) is 40.5 Å². The SMILES string of the molecule is COc1cccc(-c2c3c(=O)n(Cc4ccc(C)cc4)ccc3nc3nc(C)nn23)c1. The van der Waals surface area contributed by atoms with E-state index in [2.05, 4.69) is 15.1 Å². The van der Waals surface area contributed by atoms with Crippen LogP contribution in [0.2, 0.25) is 0 Å². The number of fused-ring (bicyclic) bond motifs is 2. The molecule has 0 amide bonds. The van der Waals surface area contributed by atoms with E-state index < -0.39 is 0 Å². The summed E-state index contributed by atoms with van der Waals surface area (Å²) in [5.41, 5.74) is 4.17. The minimum absolute atomic E-state index is 0.126. The van der Waals surface area contributed by atoms with Gasteiger partial charge in [0.25, 0.3) is 11.3 Å². The molecule has 5 rings (SSSR count). The lowest BCUT2D eigenvalue weighted by Crippen LogP contribution is -2.22. The third-order valence-electron chi connectivity index (χ3n) is 5.32. The minimum atomic E-state index is -0.126. The maximum absolute atomic E-state index is 13.6. The number of ether oxygens (including phenoxy) is 1. The van der Waals surface area contributed by atoms with Gasteiger partial charge in [0.2, 0.25) is 0 Å². The first kappa shape index (κ1) is 19.0. The molecule has 0 N–H and O–H groups in total. The Balaban J connectivity index is 1.80. The summed E-state index contributed by atoms with van der Waals surface area (Å²) in [5.74, 6) is 1.74. The first-order valence-corrected chi connectivity index (χ1v) is 10.00. The van der Waals surface area contributed by atoms with Crippen molar-refractivity contribution in [2.75, 3.05) is 7.11 Å². The van der Waals surface area contributed by atoms with E-state index in [1.54, 1.807) is 22.4 Å². The monoisotopic (exact) mass is 411 g/mol. The summed E-state index contributed by atoms with van der Waals surface area (Å²) in [6, 6.07) is 17.6. The molecule has 2 aromatic carbocycles. The highest BCUT2D eigenvalue weighted by Crippen LogP contribution is 2.28. The van der Waals surface area contributed by atoms with Crippen LogP contribution in [0.3, 0.4) is 0 Å². The molecule has 0 spiro atoms. The van der Waals surface area contributed by atoms with Crippen molar-refractivity contribution in [3.05, 3.63) is 88.1 Å². The van der Waals surface area contributed by atoms with Crippen molar-refractivity contribution in [1.29, 1.82) is 0 Å². The van der Waals surface area contributed by atoms with Gasteiger partial charge in [0.1, 0.15) is 11.6 Å². The van der Waals surface area contributed by atoms with Crippen LogP contribution in [0, 0.1) is 13.8 Å². The highest BCUT2D eigenvalue weighted by molar-refractivity contribution is 5.93. The first-order valence-electron chi connectivity index (χ1n) is 10.00. The van der Waals surface area contributed by atoms with Gasteiger partial charge < -0.3 is 9.30 Å². The zero-order valence-electron chi connectivity index (χ0n) is 17.5. The smallest absolute Gasteiger partial charge is 0.262 e. The lowest BCUT2D eigenvalue weighted by atomic mass is 10.1. The number of aromatic nitrogens is 5. The highest BCUT2D eigenvalue weighted by Gasteiger charge is 2.18. The fraction of sp³-hybridized carbons (Fsp3) is 0.167. The third-order valence-corrected chi connectivity index (χ3v) is 5.32. The van der Waals surface area contributed by atoms with Crippen LogP contribution in [0.1, 0.15) is 17.0 Å². The molecule has 0 atom stereocenters. The topological polar surface area (TPSA) is 74.3 Å². The largest absolute Gasteiger partial charge is 0.497 e. The van der Waals surface area contributed by atoms with E-state index in [1.807, 2.05) is 68.4 Å². The van der Waals surface area contributed by atoms with Gasteiger partial charge in [-0.25, -0.2) is 4.98 Å². The fourth-order valence-corrected chi connectivity index (χ4v) is 3.77. The van der Waals surface area contributed by atoms with Gasteiger partial charge in [-0.2, -0.15) is 9.50 Å². The summed E-state index contributed by atoms with van der Waals surface area (Å²) in [6.07, 6.45) is 1.78. The summed E-state index contributed by atoms with van der Waals surface area (Å²) < 4.78 is 8.75. The van der Waals surface area contributed by atoms with E-state index >= 15 is 0 Å². The maximum Gasteiger partial charge on any atom is 0.262 e. The maximum atomic E-state index is 13.6. The van der Waals surface area contributed by atoms with Gasteiger partial charge in [-0.05, 0) is 37.6 Å². The van der Waals surface area contributed by atoms with Gasteiger partial charge >= 0.3 is 0 Å². The lowest BCUT2D eigenvalue weighted by Gasteiger charge is -2.12. The highest BCUT2D eigenvalue weighted by atomic mass is 16.5. The molecule has 154 valence electrons. The number of methoxy groups -OCH3 is 1. The normalized spacial score (nSPS) is 11.3. The molecular formula is C24H21N5O2. The number of nitrogens with zero attached hydrogens (tertiary/aromatic N) is 5. The summed E-state index contributed by atoms with van der Waals surface area (Å²) in [5, 5.41) is 5.01. The molecule has 0 radical (unpaired) electrons. The number of rotatable bonds is 4. The predicted molar refractivity (Wildman–Crippen MR) is 120 cm³/mol. The summed E-state index contributed by atoms with van der Waals surface area (Å²) in [6.45, 7) is 4.33. The Labute approximate surface area is 178 Å². The molecule has 0 fully saturated rings. The quantitative estimate of drug-likeness (QED) is 0.450. The van der Waals surface area contributed by atoms with Crippen LogP contribution in [0.4, 0.5) is 0 Å². The van der Waals surface area contributed by atoms with Crippen LogP contribution in [0.15, 0.2) is 65.6 Å². The Kier molecular flexibility index (Phi) is 4.51. The summed E-state index contributed by atoms with van der Waals surface area (Å²) in [7, 11) is 1.62. The van der Waals surface area contributed by atoms with Crippen molar-refractivity contribution >= 4 is 16.7 Å². The molecule has 0 aliphatic heterocycles. The molecule has 3 heterocycles. The molecule has 0 bridgehead atoms. The second-order valence-electron chi connectivity index (χ2n) is 7.56. The number of benzene rings is 2. The second-order valence-corrected chi connectivity index (χ2v) is 7.56. The predicted octanol–water partition coefficient (Wildman–Crippen LogP) is 3.78. The van der Waals surface area contributed by atoms with Crippen molar-refractivity contribution in [1.82, 2.24) is 24.1 Å². The zero-order valence-corrected chi connectivity index (χ0v) is 17.5. The van der Waals surface area contributed by atoms with Crippen LogP contribution >= 0.6 is 0 Å². The van der Waals surface area contributed by atoms with E-state index in [0.717, 1.165) is 11.1 Å². The van der Waals surface area contributed by atoms with E-state index in [1.165, 1.54) is 5.56 Å².